The standard InChI is InChI=1S/C15H23NO2/c1-4-16-13-7-5-11(9-13)12-6-8-14(17-2)15(10-12)18-3/h6,8,10-11,13,16H,4-5,7,9H2,1-3H3. The van der Waals surface area contributed by atoms with E-state index < -0.39 is 0 Å². The Labute approximate surface area is 109 Å². The van der Waals surface area contributed by atoms with Crippen LogP contribution in [0.1, 0.15) is 37.7 Å². The zero-order valence-corrected chi connectivity index (χ0v) is 11.5. The first-order chi connectivity index (χ1) is 8.78. The molecule has 0 radical (unpaired) electrons. The van der Waals surface area contributed by atoms with E-state index in [-0.39, 0.29) is 0 Å². The summed E-state index contributed by atoms with van der Waals surface area (Å²) in [6.45, 7) is 3.23. The van der Waals surface area contributed by atoms with Gasteiger partial charge in [-0.05, 0) is 49.4 Å². The molecule has 0 aromatic heterocycles. The number of benzene rings is 1. The summed E-state index contributed by atoms with van der Waals surface area (Å²) in [6.07, 6.45) is 3.75. The van der Waals surface area contributed by atoms with Crippen LogP contribution in [0.25, 0.3) is 0 Å². The van der Waals surface area contributed by atoms with Crippen LogP contribution in [0.15, 0.2) is 18.2 Å². The SMILES string of the molecule is CCNC1CCC(c2ccc(OC)c(OC)c2)C1. The summed E-state index contributed by atoms with van der Waals surface area (Å²) in [5.74, 6) is 2.29. The number of hydrogen-bond donors (Lipinski definition) is 1. The van der Waals surface area contributed by atoms with Crippen LogP contribution in [0.3, 0.4) is 0 Å². The van der Waals surface area contributed by atoms with Gasteiger partial charge in [0.1, 0.15) is 0 Å². The molecule has 0 heterocycles. The van der Waals surface area contributed by atoms with Gasteiger partial charge in [-0.15, -0.1) is 0 Å². The van der Waals surface area contributed by atoms with Crippen LogP contribution in [-0.2, 0) is 0 Å². The van der Waals surface area contributed by atoms with Crippen LogP contribution < -0.4 is 14.8 Å². The van der Waals surface area contributed by atoms with Gasteiger partial charge >= 0.3 is 0 Å². The minimum absolute atomic E-state index is 0.647. The molecule has 3 nitrogen and oxygen atoms in total. The number of nitrogens with one attached hydrogen (secondary N) is 1. The highest BCUT2D eigenvalue weighted by atomic mass is 16.5. The van der Waals surface area contributed by atoms with Gasteiger partial charge in [-0.25, -0.2) is 0 Å². The molecule has 18 heavy (non-hydrogen) atoms. The summed E-state index contributed by atoms with van der Waals surface area (Å²) in [5.41, 5.74) is 1.37. The van der Waals surface area contributed by atoms with Crippen molar-refractivity contribution in [3.8, 4) is 11.5 Å². The Morgan fingerprint density at radius 2 is 1.94 bits per heavy atom. The Kier molecular flexibility index (Phi) is 4.48. The van der Waals surface area contributed by atoms with Gasteiger partial charge in [-0.2, -0.15) is 0 Å². The molecule has 1 saturated carbocycles. The minimum Gasteiger partial charge on any atom is -0.493 e. The summed E-state index contributed by atoms with van der Waals surface area (Å²) < 4.78 is 10.6. The van der Waals surface area contributed by atoms with Crippen molar-refractivity contribution >= 4 is 0 Å². The summed E-state index contributed by atoms with van der Waals surface area (Å²) >= 11 is 0. The lowest BCUT2D eigenvalue weighted by atomic mass is 9.97. The molecule has 0 aliphatic heterocycles. The Bertz CT molecular complexity index is 392. The van der Waals surface area contributed by atoms with Crippen molar-refractivity contribution in [2.24, 2.45) is 0 Å². The van der Waals surface area contributed by atoms with E-state index in [1.165, 1.54) is 24.8 Å². The first kappa shape index (κ1) is 13.2. The lowest BCUT2D eigenvalue weighted by molar-refractivity contribution is 0.354. The molecule has 2 atom stereocenters. The quantitative estimate of drug-likeness (QED) is 0.870. The molecule has 0 spiro atoms. The molecule has 1 aromatic rings. The van der Waals surface area contributed by atoms with E-state index >= 15 is 0 Å². The van der Waals surface area contributed by atoms with Gasteiger partial charge < -0.3 is 14.8 Å². The maximum absolute atomic E-state index is 5.37. The van der Waals surface area contributed by atoms with Crippen LogP contribution in [0.4, 0.5) is 0 Å². The van der Waals surface area contributed by atoms with E-state index in [4.69, 9.17) is 9.47 Å². The maximum atomic E-state index is 5.37. The van der Waals surface area contributed by atoms with Gasteiger partial charge in [0, 0.05) is 6.04 Å². The second-order valence-electron chi connectivity index (χ2n) is 4.88. The third-order valence-electron chi connectivity index (χ3n) is 3.80. The zero-order valence-electron chi connectivity index (χ0n) is 11.5. The van der Waals surface area contributed by atoms with Crippen LogP contribution in [0.2, 0.25) is 0 Å². The Balaban J connectivity index is 2.10. The van der Waals surface area contributed by atoms with Crippen LogP contribution in [-0.4, -0.2) is 26.8 Å². The summed E-state index contributed by atoms with van der Waals surface area (Å²) in [6, 6.07) is 6.97. The number of rotatable bonds is 5. The average molecular weight is 249 g/mol. The summed E-state index contributed by atoms with van der Waals surface area (Å²) in [5, 5.41) is 3.54. The molecule has 100 valence electrons. The number of ether oxygens (including phenoxy) is 2. The van der Waals surface area contributed by atoms with Crippen molar-refractivity contribution in [3.63, 3.8) is 0 Å². The van der Waals surface area contributed by atoms with Gasteiger partial charge in [0.05, 0.1) is 14.2 Å². The maximum Gasteiger partial charge on any atom is 0.160 e. The second-order valence-corrected chi connectivity index (χ2v) is 4.88. The van der Waals surface area contributed by atoms with Gasteiger partial charge in [0.2, 0.25) is 0 Å². The highest BCUT2D eigenvalue weighted by molar-refractivity contribution is 5.44. The Morgan fingerprint density at radius 1 is 1.17 bits per heavy atom. The summed E-state index contributed by atoms with van der Waals surface area (Å²) in [7, 11) is 3.37. The highest BCUT2D eigenvalue weighted by Crippen LogP contribution is 2.38. The van der Waals surface area contributed by atoms with E-state index in [2.05, 4.69) is 24.4 Å². The van der Waals surface area contributed by atoms with Crippen LogP contribution in [0.5, 0.6) is 11.5 Å². The molecular formula is C15H23NO2. The van der Waals surface area contributed by atoms with E-state index in [1.54, 1.807) is 14.2 Å². The largest absolute Gasteiger partial charge is 0.493 e. The molecule has 3 heteroatoms. The van der Waals surface area contributed by atoms with E-state index in [0.717, 1.165) is 18.0 Å². The van der Waals surface area contributed by atoms with Crippen molar-refractivity contribution in [2.75, 3.05) is 20.8 Å². The van der Waals surface area contributed by atoms with Gasteiger partial charge in [0.25, 0.3) is 0 Å². The molecule has 0 saturated heterocycles. The second kappa shape index (κ2) is 6.10. The smallest absolute Gasteiger partial charge is 0.160 e. The molecule has 1 N–H and O–H groups in total. The topological polar surface area (TPSA) is 30.5 Å². The van der Waals surface area contributed by atoms with Crippen molar-refractivity contribution in [2.45, 2.75) is 38.1 Å². The number of hydrogen-bond acceptors (Lipinski definition) is 3. The van der Waals surface area contributed by atoms with Crippen LogP contribution in [0, 0.1) is 0 Å². The third-order valence-corrected chi connectivity index (χ3v) is 3.80. The van der Waals surface area contributed by atoms with E-state index in [0.29, 0.717) is 12.0 Å². The van der Waals surface area contributed by atoms with Gasteiger partial charge in [-0.1, -0.05) is 13.0 Å². The summed E-state index contributed by atoms with van der Waals surface area (Å²) in [4.78, 5) is 0. The molecule has 1 aliphatic carbocycles. The fourth-order valence-electron chi connectivity index (χ4n) is 2.87. The Morgan fingerprint density at radius 3 is 2.61 bits per heavy atom. The predicted molar refractivity (Wildman–Crippen MR) is 73.6 cm³/mol. The predicted octanol–water partition coefficient (Wildman–Crippen LogP) is 2.95. The van der Waals surface area contributed by atoms with Crippen molar-refractivity contribution in [3.05, 3.63) is 23.8 Å². The monoisotopic (exact) mass is 249 g/mol. The Hall–Kier alpha value is -1.22. The van der Waals surface area contributed by atoms with Crippen molar-refractivity contribution in [1.82, 2.24) is 5.32 Å². The molecule has 1 fully saturated rings. The zero-order chi connectivity index (χ0) is 13.0. The number of methoxy groups -OCH3 is 2. The molecule has 1 aromatic carbocycles. The molecule has 2 rings (SSSR count). The van der Waals surface area contributed by atoms with Gasteiger partial charge in [-0.3, -0.25) is 0 Å². The lowest BCUT2D eigenvalue weighted by Gasteiger charge is -2.15. The highest BCUT2D eigenvalue weighted by Gasteiger charge is 2.25. The fourth-order valence-corrected chi connectivity index (χ4v) is 2.87. The van der Waals surface area contributed by atoms with E-state index in [9.17, 15) is 0 Å². The van der Waals surface area contributed by atoms with Crippen molar-refractivity contribution < 1.29 is 9.47 Å². The van der Waals surface area contributed by atoms with Crippen LogP contribution >= 0.6 is 0 Å². The third kappa shape index (κ3) is 2.78. The minimum atomic E-state index is 0.647. The van der Waals surface area contributed by atoms with Gasteiger partial charge in [0.15, 0.2) is 11.5 Å². The first-order valence-electron chi connectivity index (χ1n) is 6.73. The molecule has 0 amide bonds. The van der Waals surface area contributed by atoms with E-state index in [1.807, 2.05) is 6.07 Å². The average Bonchev–Trinajstić information content (AvgIpc) is 2.87. The normalized spacial score (nSPS) is 23.1. The molecule has 2 unspecified atom stereocenters. The molecule has 1 aliphatic rings. The lowest BCUT2D eigenvalue weighted by Crippen LogP contribution is -2.25. The molecular weight excluding hydrogens is 226 g/mol. The molecule has 0 bridgehead atoms. The fraction of sp³-hybridized carbons (Fsp3) is 0.600. The first-order valence-corrected chi connectivity index (χ1v) is 6.73. The van der Waals surface area contributed by atoms with Crippen molar-refractivity contribution in [1.29, 1.82) is 0 Å².